The lowest BCUT2D eigenvalue weighted by Gasteiger charge is -1.81. The SMILES string of the molecule is N#Cc1cnc(C2CC2)s1. The molecule has 1 heterocycles. The summed E-state index contributed by atoms with van der Waals surface area (Å²) < 4.78 is 0. The molecule has 0 aromatic carbocycles. The van der Waals surface area contributed by atoms with Crippen molar-refractivity contribution in [3.05, 3.63) is 16.1 Å². The third kappa shape index (κ3) is 0.910. The molecule has 0 saturated heterocycles. The molecule has 0 aliphatic heterocycles. The summed E-state index contributed by atoms with van der Waals surface area (Å²) in [7, 11) is 0. The summed E-state index contributed by atoms with van der Waals surface area (Å²) in [6, 6.07) is 2.09. The Morgan fingerprint density at radius 1 is 1.70 bits per heavy atom. The average molecular weight is 150 g/mol. The van der Waals surface area contributed by atoms with E-state index in [0.29, 0.717) is 5.92 Å². The second kappa shape index (κ2) is 2.06. The maximum absolute atomic E-state index is 8.47. The van der Waals surface area contributed by atoms with E-state index in [0.717, 1.165) is 9.88 Å². The van der Waals surface area contributed by atoms with E-state index in [1.54, 1.807) is 6.20 Å². The molecule has 10 heavy (non-hydrogen) atoms. The van der Waals surface area contributed by atoms with Crippen molar-refractivity contribution >= 4 is 11.3 Å². The summed E-state index contributed by atoms with van der Waals surface area (Å²) in [5.74, 6) is 0.687. The van der Waals surface area contributed by atoms with Crippen molar-refractivity contribution in [1.82, 2.24) is 4.98 Å². The minimum atomic E-state index is 0.687. The summed E-state index contributed by atoms with van der Waals surface area (Å²) in [6.07, 6.45) is 4.19. The molecule has 0 atom stereocenters. The standard InChI is InChI=1S/C7H6N2S/c8-3-6-4-9-7(10-6)5-1-2-5/h4-5H,1-2H2. The zero-order chi connectivity index (χ0) is 6.97. The van der Waals surface area contributed by atoms with Gasteiger partial charge in [0.15, 0.2) is 0 Å². The van der Waals surface area contributed by atoms with Gasteiger partial charge in [0, 0.05) is 5.92 Å². The molecular formula is C7H6N2S. The van der Waals surface area contributed by atoms with E-state index < -0.39 is 0 Å². The lowest BCUT2D eigenvalue weighted by atomic mass is 10.5. The predicted molar refractivity (Wildman–Crippen MR) is 38.8 cm³/mol. The molecule has 2 rings (SSSR count). The van der Waals surface area contributed by atoms with Gasteiger partial charge in [-0.05, 0) is 12.8 Å². The molecule has 1 fully saturated rings. The summed E-state index contributed by atoms with van der Waals surface area (Å²) in [4.78, 5) is 4.88. The van der Waals surface area contributed by atoms with Gasteiger partial charge in [-0.3, -0.25) is 0 Å². The fraction of sp³-hybridized carbons (Fsp3) is 0.429. The van der Waals surface area contributed by atoms with Gasteiger partial charge >= 0.3 is 0 Å². The zero-order valence-electron chi connectivity index (χ0n) is 5.37. The molecule has 1 saturated carbocycles. The fourth-order valence-electron chi connectivity index (χ4n) is 0.858. The van der Waals surface area contributed by atoms with E-state index in [2.05, 4.69) is 11.1 Å². The van der Waals surface area contributed by atoms with Crippen molar-refractivity contribution in [3.63, 3.8) is 0 Å². The number of aromatic nitrogens is 1. The molecule has 2 nitrogen and oxygen atoms in total. The van der Waals surface area contributed by atoms with Gasteiger partial charge in [0.25, 0.3) is 0 Å². The van der Waals surface area contributed by atoms with E-state index >= 15 is 0 Å². The zero-order valence-corrected chi connectivity index (χ0v) is 6.19. The summed E-state index contributed by atoms with van der Waals surface area (Å²) in [5.41, 5.74) is 0. The van der Waals surface area contributed by atoms with Crippen LogP contribution in [0.3, 0.4) is 0 Å². The quantitative estimate of drug-likeness (QED) is 0.613. The molecule has 0 bridgehead atoms. The Kier molecular flexibility index (Phi) is 1.21. The lowest BCUT2D eigenvalue weighted by molar-refractivity contribution is 1.08. The van der Waals surface area contributed by atoms with Crippen LogP contribution in [-0.2, 0) is 0 Å². The maximum atomic E-state index is 8.47. The minimum absolute atomic E-state index is 0.687. The normalized spacial score (nSPS) is 16.7. The third-order valence-electron chi connectivity index (χ3n) is 1.56. The highest BCUT2D eigenvalue weighted by Gasteiger charge is 2.26. The Morgan fingerprint density at radius 2 is 2.50 bits per heavy atom. The van der Waals surface area contributed by atoms with Crippen LogP contribution in [-0.4, -0.2) is 4.98 Å². The Morgan fingerprint density at radius 3 is 3.00 bits per heavy atom. The number of hydrogen-bond donors (Lipinski definition) is 0. The van der Waals surface area contributed by atoms with E-state index in [4.69, 9.17) is 5.26 Å². The van der Waals surface area contributed by atoms with Crippen molar-refractivity contribution in [2.45, 2.75) is 18.8 Å². The largest absolute Gasteiger partial charge is 0.248 e. The molecule has 1 aliphatic rings. The molecule has 3 heteroatoms. The predicted octanol–water partition coefficient (Wildman–Crippen LogP) is 1.89. The van der Waals surface area contributed by atoms with Gasteiger partial charge in [0.2, 0.25) is 0 Å². The number of hydrogen-bond acceptors (Lipinski definition) is 3. The topological polar surface area (TPSA) is 36.7 Å². The first kappa shape index (κ1) is 5.87. The smallest absolute Gasteiger partial charge is 0.124 e. The van der Waals surface area contributed by atoms with Gasteiger partial charge in [-0.25, -0.2) is 4.98 Å². The first-order valence-corrected chi connectivity index (χ1v) is 4.07. The van der Waals surface area contributed by atoms with Crippen LogP contribution in [0.2, 0.25) is 0 Å². The summed E-state index contributed by atoms with van der Waals surface area (Å²) >= 11 is 1.53. The van der Waals surface area contributed by atoms with Gasteiger partial charge < -0.3 is 0 Å². The van der Waals surface area contributed by atoms with Crippen LogP contribution >= 0.6 is 11.3 Å². The molecule has 0 radical (unpaired) electrons. The van der Waals surface area contributed by atoms with E-state index in [1.165, 1.54) is 24.2 Å². The Hall–Kier alpha value is -0.880. The number of nitrogens with zero attached hydrogens (tertiary/aromatic N) is 2. The Bertz CT molecular complexity index is 280. The van der Waals surface area contributed by atoms with E-state index in [1.807, 2.05) is 0 Å². The molecule has 1 aliphatic carbocycles. The van der Waals surface area contributed by atoms with Crippen LogP contribution < -0.4 is 0 Å². The molecule has 0 N–H and O–H groups in total. The van der Waals surface area contributed by atoms with E-state index in [-0.39, 0.29) is 0 Å². The highest BCUT2D eigenvalue weighted by molar-refractivity contribution is 7.12. The molecule has 0 amide bonds. The summed E-state index contributed by atoms with van der Waals surface area (Å²) in [6.45, 7) is 0. The van der Waals surface area contributed by atoms with Crippen LogP contribution in [0.4, 0.5) is 0 Å². The number of rotatable bonds is 1. The Balaban J connectivity index is 2.29. The van der Waals surface area contributed by atoms with E-state index in [9.17, 15) is 0 Å². The highest BCUT2D eigenvalue weighted by atomic mass is 32.1. The fourth-order valence-corrected chi connectivity index (χ4v) is 1.74. The van der Waals surface area contributed by atoms with Crippen molar-refractivity contribution in [2.75, 3.05) is 0 Å². The molecule has 0 unspecified atom stereocenters. The maximum Gasteiger partial charge on any atom is 0.124 e. The molecular weight excluding hydrogens is 144 g/mol. The van der Waals surface area contributed by atoms with Crippen molar-refractivity contribution in [2.24, 2.45) is 0 Å². The van der Waals surface area contributed by atoms with Gasteiger partial charge in [0.1, 0.15) is 10.9 Å². The first-order chi connectivity index (χ1) is 4.90. The van der Waals surface area contributed by atoms with Gasteiger partial charge in [-0.1, -0.05) is 0 Å². The number of thiazole rings is 1. The second-order valence-electron chi connectivity index (χ2n) is 2.45. The van der Waals surface area contributed by atoms with Crippen LogP contribution in [0, 0.1) is 11.3 Å². The van der Waals surface area contributed by atoms with Gasteiger partial charge in [-0.15, -0.1) is 11.3 Å². The second-order valence-corrected chi connectivity index (χ2v) is 3.51. The van der Waals surface area contributed by atoms with Gasteiger partial charge in [0.05, 0.1) is 11.2 Å². The molecule has 0 spiro atoms. The lowest BCUT2D eigenvalue weighted by Crippen LogP contribution is -1.70. The Labute approximate surface area is 63.1 Å². The first-order valence-electron chi connectivity index (χ1n) is 3.26. The van der Waals surface area contributed by atoms with Crippen molar-refractivity contribution < 1.29 is 0 Å². The van der Waals surface area contributed by atoms with Crippen LogP contribution in [0.5, 0.6) is 0 Å². The average Bonchev–Trinajstić information content (AvgIpc) is 2.70. The highest BCUT2D eigenvalue weighted by Crippen LogP contribution is 2.41. The van der Waals surface area contributed by atoms with Crippen LogP contribution in [0.25, 0.3) is 0 Å². The number of nitriles is 1. The third-order valence-corrected chi connectivity index (χ3v) is 2.62. The van der Waals surface area contributed by atoms with Crippen molar-refractivity contribution in [3.8, 4) is 6.07 Å². The minimum Gasteiger partial charge on any atom is -0.248 e. The van der Waals surface area contributed by atoms with Crippen molar-refractivity contribution in [1.29, 1.82) is 5.26 Å². The molecule has 1 aromatic heterocycles. The van der Waals surface area contributed by atoms with Crippen LogP contribution in [0.15, 0.2) is 6.20 Å². The van der Waals surface area contributed by atoms with Crippen LogP contribution in [0.1, 0.15) is 28.6 Å². The van der Waals surface area contributed by atoms with Gasteiger partial charge in [-0.2, -0.15) is 5.26 Å². The monoisotopic (exact) mass is 150 g/mol. The molecule has 50 valence electrons. The molecule has 1 aromatic rings. The summed E-state index contributed by atoms with van der Waals surface area (Å²) in [5, 5.41) is 9.62.